The number of hydrogen-bond donors (Lipinski definition) is 2. The second-order valence-corrected chi connectivity index (χ2v) is 6.17. The number of ketones is 1. The van der Waals surface area contributed by atoms with Crippen LogP contribution in [0.5, 0.6) is 0 Å². The Labute approximate surface area is 154 Å². The van der Waals surface area contributed by atoms with Crippen LogP contribution in [0.25, 0.3) is 0 Å². The molecule has 1 aromatic rings. The monoisotopic (exact) mass is 358 g/mol. The molecule has 0 unspecified atom stereocenters. The molecule has 0 saturated carbocycles. The summed E-state index contributed by atoms with van der Waals surface area (Å²) >= 11 is 0. The molecule has 7 heteroatoms. The molecule has 1 aliphatic heterocycles. The fourth-order valence-electron chi connectivity index (χ4n) is 2.73. The molecule has 140 valence electrons. The van der Waals surface area contributed by atoms with E-state index in [1.165, 1.54) is 6.08 Å². The van der Waals surface area contributed by atoms with Gasteiger partial charge in [0.15, 0.2) is 5.78 Å². The highest BCUT2D eigenvalue weighted by Crippen LogP contribution is 2.13. The van der Waals surface area contributed by atoms with Crippen LogP contribution in [-0.4, -0.2) is 53.8 Å². The van der Waals surface area contributed by atoms with Crippen molar-refractivity contribution in [3.8, 4) is 0 Å². The fourth-order valence-corrected chi connectivity index (χ4v) is 2.73. The lowest BCUT2D eigenvalue weighted by Crippen LogP contribution is -2.57. The molecular formula is C19H26N4O3. The Kier molecular flexibility index (Phi) is 7.50. The zero-order valence-electron chi connectivity index (χ0n) is 15.2. The van der Waals surface area contributed by atoms with Crippen LogP contribution in [0.3, 0.4) is 0 Å². The number of unbranched alkanes of at least 4 members (excludes halogenated alkanes) is 1. The first kappa shape index (κ1) is 19.8. The van der Waals surface area contributed by atoms with E-state index in [0.29, 0.717) is 43.7 Å². The molecular weight excluding hydrogens is 332 g/mol. The Hall–Kier alpha value is -2.51. The zero-order chi connectivity index (χ0) is 18.9. The largest absolute Gasteiger partial charge is 0.294 e. The normalized spacial score (nSPS) is 15.3. The molecule has 0 aromatic heterocycles. The van der Waals surface area contributed by atoms with Gasteiger partial charge < -0.3 is 0 Å². The first-order chi connectivity index (χ1) is 12.5. The first-order valence-electron chi connectivity index (χ1n) is 8.91. The SMILES string of the molecule is C=CC(=O)NN1CCN(NC(=O)c2ccccc2C(=O)CCCC)CC1. The highest BCUT2D eigenvalue weighted by Gasteiger charge is 2.22. The lowest BCUT2D eigenvalue weighted by molar-refractivity contribution is -0.122. The lowest BCUT2D eigenvalue weighted by atomic mass is 9.99. The number of amides is 2. The van der Waals surface area contributed by atoms with Crippen LogP contribution in [0.4, 0.5) is 0 Å². The van der Waals surface area contributed by atoms with E-state index in [2.05, 4.69) is 17.4 Å². The van der Waals surface area contributed by atoms with E-state index in [1.54, 1.807) is 34.3 Å². The molecule has 1 saturated heterocycles. The van der Waals surface area contributed by atoms with Gasteiger partial charge in [0.1, 0.15) is 0 Å². The molecule has 0 radical (unpaired) electrons. The minimum Gasteiger partial charge on any atom is -0.294 e. The van der Waals surface area contributed by atoms with Gasteiger partial charge in [-0.1, -0.05) is 38.1 Å². The maximum atomic E-state index is 12.6. The number of hydrogen-bond acceptors (Lipinski definition) is 5. The predicted molar refractivity (Wildman–Crippen MR) is 99.2 cm³/mol. The zero-order valence-corrected chi connectivity index (χ0v) is 15.2. The summed E-state index contributed by atoms with van der Waals surface area (Å²) in [6.45, 7) is 7.74. The van der Waals surface area contributed by atoms with Gasteiger partial charge >= 0.3 is 0 Å². The van der Waals surface area contributed by atoms with E-state index in [4.69, 9.17) is 0 Å². The molecule has 26 heavy (non-hydrogen) atoms. The van der Waals surface area contributed by atoms with E-state index >= 15 is 0 Å². The Balaban J connectivity index is 1.94. The molecule has 1 aromatic carbocycles. The van der Waals surface area contributed by atoms with Crippen LogP contribution < -0.4 is 10.9 Å². The summed E-state index contributed by atoms with van der Waals surface area (Å²) in [5, 5.41) is 3.58. The highest BCUT2D eigenvalue weighted by molar-refractivity contribution is 6.07. The third kappa shape index (κ3) is 5.50. The molecule has 2 N–H and O–H groups in total. The number of nitrogens with one attached hydrogen (secondary N) is 2. The summed E-state index contributed by atoms with van der Waals surface area (Å²) in [5.74, 6) is -0.536. The predicted octanol–water partition coefficient (Wildman–Crippen LogP) is 1.54. The summed E-state index contributed by atoms with van der Waals surface area (Å²) in [7, 11) is 0. The van der Waals surface area contributed by atoms with E-state index < -0.39 is 0 Å². The Morgan fingerprint density at radius 2 is 1.62 bits per heavy atom. The van der Waals surface area contributed by atoms with Crippen LogP contribution in [0, 0.1) is 0 Å². The van der Waals surface area contributed by atoms with E-state index in [9.17, 15) is 14.4 Å². The van der Waals surface area contributed by atoms with Crippen LogP contribution in [0.15, 0.2) is 36.9 Å². The van der Waals surface area contributed by atoms with Gasteiger partial charge in [-0.2, -0.15) is 0 Å². The second kappa shape index (κ2) is 9.84. The molecule has 1 aliphatic rings. The molecule has 2 amide bonds. The number of nitrogens with zero attached hydrogens (tertiary/aromatic N) is 2. The molecule has 2 rings (SSSR count). The summed E-state index contributed by atoms with van der Waals surface area (Å²) in [6, 6.07) is 6.91. The number of hydrazine groups is 2. The third-order valence-corrected chi connectivity index (χ3v) is 4.22. The van der Waals surface area contributed by atoms with Crippen molar-refractivity contribution in [3.05, 3.63) is 48.0 Å². The van der Waals surface area contributed by atoms with Gasteiger partial charge in [0.25, 0.3) is 11.8 Å². The second-order valence-electron chi connectivity index (χ2n) is 6.17. The number of Topliss-reactive ketones (excluding diaryl/α,β-unsaturated/α-hetero) is 1. The Morgan fingerprint density at radius 1 is 1.04 bits per heavy atom. The Bertz CT molecular complexity index is 667. The van der Waals surface area contributed by atoms with Crippen molar-refractivity contribution in [2.75, 3.05) is 26.2 Å². The van der Waals surface area contributed by atoms with Gasteiger partial charge in [-0.25, -0.2) is 10.0 Å². The topological polar surface area (TPSA) is 81.8 Å². The first-order valence-corrected chi connectivity index (χ1v) is 8.91. The van der Waals surface area contributed by atoms with Crippen molar-refractivity contribution in [3.63, 3.8) is 0 Å². The van der Waals surface area contributed by atoms with Gasteiger partial charge in [-0.3, -0.25) is 25.2 Å². The quantitative estimate of drug-likeness (QED) is 0.544. The Morgan fingerprint density at radius 3 is 2.19 bits per heavy atom. The van der Waals surface area contributed by atoms with Gasteiger partial charge in [-0.05, 0) is 18.6 Å². The molecule has 7 nitrogen and oxygen atoms in total. The van der Waals surface area contributed by atoms with Gasteiger partial charge in [0, 0.05) is 38.2 Å². The van der Waals surface area contributed by atoms with Crippen molar-refractivity contribution in [1.82, 2.24) is 20.9 Å². The smallest absolute Gasteiger partial charge is 0.266 e. The summed E-state index contributed by atoms with van der Waals surface area (Å²) in [6.07, 6.45) is 3.42. The number of benzene rings is 1. The van der Waals surface area contributed by atoms with Crippen LogP contribution in [-0.2, 0) is 4.79 Å². The molecule has 1 heterocycles. The van der Waals surface area contributed by atoms with E-state index in [1.807, 2.05) is 6.92 Å². The lowest BCUT2D eigenvalue weighted by Gasteiger charge is -2.34. The molecule has 0 aliphatic carbocycles. The van der Waals surface area contributed by atoms with Crippen molar-refractivity contribution in [1.29, 1.82) is 0 Å². The van der Waals surface area contributed by atoms with Crippen LogP contribution >= 0.6 is 0 Å². The number of rotatable bonds is 8. The minimum absolute atomic E-state index is 0.00504. The maximum Gasteiger partial charge on any atom is 0.266 e. The minimum atomic E-state index is -0.283. The van der Waals surface area contributed by atoms with E-state index in [-0.39, 0.29) is 17.6 Å². The fraction of sp³-hybridized carbons (Fsp3) is 0.421. The van der Waals surface area contributed by atoms with Crippen molar-refractivity contribution in [2.24, 2.45) is 0 Å². The standard InChI is InChI=1S/C19H26N4O3/c1-3-5-10-17(24)15-8-6-7-9-16(15)19(26)21-23-13-11-22(12-14-23)20-18(25)4-2/h4,6-9H,2-3,5,10-14H2,1H3,(H,20,25)(H,21,26). The molecule has 0 bridgehead atoms. The van der Waals surface area contributed by atoms with Crippen molar-refractivity contribution < 1.29 is 14.4 Å². The molecule has 0 spiro atoms. The number of carbonyl (C=O) groups excluding carboxylic acids is 3. The number of carbonyl (C=O) groups is 3. The van der Waals surface area contributed by atoms with Gasteiger partial charge in [0.05, 0.1) is 5.56 Å². The van der Waals surface area contributed by atoms with Gasteiger partial charge in [0.2, 0.25) is 0 Å². The average molecular weight is 358 g/mol. The summed E-state index contributed by atoms with van der Waals surface area (Å²) < 4.78 is 0. The average Bonchev–Trinajstić information content (AvgIpc) is 2.67. The number of piperazine rings is 1. The molecule has 0 atom stereocenters. The van der Waals surface area contributed by atoms with Crippen LogP contribution in [0.2, 0.25) is 0 Å². The maximum absolute atomic E-state index is 12.6. The summed E-state index contributed by atoms with van der Waals surface area (Å²) in [4.78, 5) is 36.3. The van der Waals surface area contributed by atoms with Gasteiger partial charge in [-0.15, -0.1) is 0 Å². The molecule has 1 fully saturated rings. The summed E-state index contributed by atoms with van der Waals surface area (Å²) in [5.41, 5.74) is 6.43. The third-order valence-electron chi connectivity index (χ3n) is 4.22. The van der Waals surface area contributed by atoms with Crippen molar-refractivity contribution >= 4 is 17.6 Å². The highest BCUT2D eigenvalue weighted by atomic mass is 16.2. The van der Waals surface area contributed by atoms with Crippen molar-refractivity contribution in [2.45, 2.75) is 26.2 Å². The van der Waals surface area contributed by atoms with Crippen LogP contribution in [0.1, 0.15) is 46.9 Å². The van der Waals surface area contributed by atoms with E-state index in [0.717, 1.165) is 12.8 Å².